The third-order valence-corrected chi connectivity index (χ3v) is 5.71. The molecule has 1 N–H and O–H groups in total. The number of para-hydroxylation sites is 1. The van der Waals surface area contributed by atoms with E-state index < -0.39 is 10.0 Å². The smallest absolute Gasteiger partial charge is 0.241 e. The predicted molar refractivity (Wildman–Crippen MR) is 113 cm³/mol. The van der Waals surface area contributed by atoms with Crippen molar-refractivity contribution in [2.45, 2.75) is 19.9 Å². The summed E-state index contributed by atoms with van der Waals surface area (Å²) in [4.78, 5) is 16.6. The maximum Gasteiger partial charge on any atom is 0.241 e. The Kier molecular flexibility index (Phi) is 6.33. The summed E-state index contributed by atoms with van der Waals surface area (Å²) in [5, 5.41) is 2.82. The highest BCUT2D eigenvalue weighted by atomic mass is 32.2. The average molecular weight is 413 g/mol. The van der Waals surface area contributed by atoms with E-state index in [1.54, 1.807) is 24.7 Å². The van der Waals surface area contributed by atoms with Crippen molar-refractivity contribution in [2.75, 3.05) is 17.1 Å². The Balaban J connectivity index is 1.72. The first-order valence-electron chi connectivity index (χ1n) is 9.28. The summed E-state index contributed by atoms with van der Waals surface area (Å²) in [7, 11) is -3.60. The summed E-state index contributed by atoms with van der Waals surface area (Å²) in [6, 6.07) is 14.8. The number of imidazole rings is 1. The van der Waals surface area contributed by atoms with E-state index in [0.717, 1.165) is 33.8 Å². The van der Waals surface area contributed by atoms with Crippen LogP contribution in [-0.4, -0.2) is 36.7 Å². The fourth-order valence-corrected chi connectivity index (χ4v) is 3.85. The molecule has 0 aliphatic rings. The molecule has 0 saturated carbocycles. The summed E-state index contributed by atoms with van der Waals surface area (Å²) in [6.45, 7) is 2.02. The second-order valence-corrected chi connectivity index (χ2v) is 8.57. The first-order chi connectivity index (χ1) is 13.9. The van der Waals surface area contributed by atoms with E-state index in [1.807, 2.05) is 54.1 Å². The molecule has 0 radical (unpaired) electrons. The minimum Gasteiger partial charge on any atom is -0.350 e. The van der Waals surface area contributed by atoms with Gasteiger partial charge in [-0.05, 0) is 35.7 Å². The molecular formula is C21H24N4O3S. The summed E-state index contributed by atoms with van der Waals surface area (Å²) < 4.78 is 27.5. The zero-order valence-corrected chi connectivity index (χ0v) is 17.3. The molecule has 3 rings (SSSR count). The second-order valence-electron chi connectivity index (χ2n) is 6.67. The normalized spacial score (nSPS) is 11.2. The SMILES string of the molecule is CCc1ccc(N(CC(=O)NCc2ccccc2-n2ccnc2)S(C)(=O)=O)cc1. The van der Waals surface area contributed by atoms with Gasteiger partial charge in [-0.1, -0.05) is 37.3 Å². The molecule has 0 aliphatic heterocycles. The molecule has 0 atom stereocenters. The van der Waals surface area contributed by atoms with Crippen LogP contribution in [0.15, 0.2) is 67.3 Å². The number of nitrogens with one attached hydrogen (secondary N) is 1. The largest absolute Gasteiger partial charge is 0.350 e. The second kappa shape index (κ2) is 8.91. The molecule has 3 aromatic rings. The third-order valence-electron chi connectivity index (χ3n) is 4.57. The van der Waals surface area contributed by atoms with E-state index in [1.165, 1.54) is 0 Å². The molecule has 0 spiro atoms. The van der Waals surface area contributed by atoms with Crippen LogP contribution in [0.5, 0.6) is 0 Å². The lowest BCUT2D eigenvalue weighted by Crippen LogP contribution is -2.40. The standard InChI is InChI=1S/C21H24N4O3S/c1-3-17-8-10-19(11-9-17)25(29(2,27)28)15-21(26)23-14-18-6-4-5-7-20(18)24-13-12-22-16-24/h4-13,16H,3,14-15H2,1-2H3,(H,23,26). The number of aryl methyl sites for hydroxylation is 1. The van der Waals surface area contributed by atoms with E-state index in [4.69, 9.17) is 0 Å². The van der Waals surface area contributed by atoms with Crippen LogP contribution >= 0.6 is 0 Å². The summed E-state index contributed by atoms with van der Waals surface area (Å²) in [5.74, 6) is -0.379. The number of sulfonamides is 1. The average Bonchev–Trinajstić information content (AvgIpc) is 3.25. The summed E-state index contributed by atoms with van der Waals surface area (Å²) >= 11 is 0. The van der Waals surface area contributed by atoms with Crippen molar-refractivity contribution in [3.05, 3.63) is 78.4 Å². The molecular weight excluding hydrogens is 388 g/mol. The van der Waals surface area contributed by atoms with E-state index in [0.29, 0.717) is 5.69 Å². The first kappa shape index (κ1) is 20.6. The Hall–Kier alpha value is -3.13. The van der Waals surface area contributed by atoms with Gasteiger partial charge in [-0.15, -0.1) is 0 Å². The Labute approximate surface area is 171 Å². The molecule has 1 amide bonds. The van der Waals surface area contributed by atoms with Crippen molar-refractivity contribution in [2.24, 2.45) is 0 Å². The van der Waals surface area contributed by atoms with Crippen molar-refractivity contribution in [1.82, 2.24) is 14.9 Å². The van der Waals surface area contributed by atoms with Crippen LogP contribution in [0.1, 0.15) is 18.1 Å². The molecule has 0 unspecified atom stereocenters. The number of aromatic nitrogens is 2. The molecule has 8 heteroatoms. The van der Waals surface area contributed by atoms with Gasteiger partial charge in [0.05, 0.1) is 24.0 Å². The number of carbonyl (C=O) groups is 1. The van der Waals surface area contributed by atoms with Crippen molar-refractivity contribution in [3.63, 3.8) is 0 Å². The number of nitrogens with zero attached hydrogens (tertiary/aromatic N) is 3. The molecule has 7 nitrogen and oxygen atoms in total. The molecule has 0 bridgehead atoms. The Morgan fingerprint density at radius 1 is 1.14 bits per heavy atom. The van der Waals surface area contributed by atoms with Gasteiger partial charge in [0.25, 0.3) is 0 Å². The van der Waals surface area contributed by atoms with Crippen LogP contribution in [0.3, 0.4) is 0 Å². The van der Waals surface area contributed by atoms with Gasteiger partial charge in [0.2, 0.25) is 15.9 Å². The molecule has 152 valence electrons. The van der Waals surface area contributed by atoms with Gasteiger partial charge in [-0.3, -0.25) is 9.10 Å². The molecule has 29 heavy (non-hydrogen) atoms. The highest BCUT2D eigenvalue weighted by molar-refractivity contribution is 7.92. The fourth-order valence-electron chi connectivity index (χ4n) is 2.99. The number of carbonyl (C=O) groups excluding carboxylic acids is 1. The van der Waals surface area contributed by atoms with Crippen molar-refractivity contribution < 1.29 is 13.2 Å². The Morgan fingerprint density at radius 3 is 2.48 bits per heavy atom. The lowest BCUT2D eigenvalue weighted by Gasteiger charge is -2.22. The van der Waals surface area contributed by atoms with E-state index in [9.17, 15) is 13.2 Å². The van der Waals surface area contributed by atoms with Gasteiger partial charge >= 0.3 is 0 Å². The number of rotatable bonds is 8. The van der Waals surface area contributed by atoms with Gasteiger partial charge in [0.1, 0.15) is 6.54 Å². The van der Waals surface area contributed by atoms with Crippen LogP contribution < -0.4 is 9.62 Å². The quantitative estimate of drug-likeness (QED) is 0.616. The monoisotopic (exact) mass is 412 g/mol. The molecule has 0 aliphatic carbocycles. The van der Waals surface area contributed by atoms with Crippen LogP contribution in [0.2, 0.25) is 0 Å². The van der Waals surface area contributed by atoms with E-state index >= 15 is 0 Å². The van der Waals surface area contributed by atoms with Crippen molar-refractivity contribution >= 4 is 21.6 Å². The Bertz CT molecular complexity index is 1060. The third kappa shape index (κ3) is 5.23. The zero-order valence-electron chi connectivity index (χ0n) is 16.4. The van der Waals surface area contributed by atoms with Gasteiger partial charge in [0.15, 0.2) is 0 Å². The number of anilines is 1. The fraction of sp³-hybridized carbons (Fsp3) is 0.238. The van der Waals surface area contributed by atoms with E-state index in [2.05, 4.69) is 10.3 Å². The molecule has 1 heterocycles. The topological polar surface area (TPSA) is 84.3 Å². The van der Waals surface area contributed by atoms with Gasteiger partial charge in [-0.2, -0.15) is 0 Å². The van der Waals surface area contributed by atoms with Crippen molar-refractivity contribution in [1.29, 1.82) is 0 Å². The minimum atomic E-state index is -3.60. The first-order valence-corrected chi connectivity index (χ1v) is 11.1. The molecule has 0 saturated heterocycles. The van der Waals surface area contributed by atoms with Gasteiger partial charge < -0.3 is 9.88 Å². The maximum absolute atomic E-state index is 12.5. The van der Waals surface area contributed by atoms with E-state index in [-0.39, 0.29) is 19.0 Å². The predicted octanol–water partition coefficient (Wildman–Crippen LogP) is 2.52. The lowest BCUT2D eigenvalue weighted by molar-refractivity contribution is -0.119. The van der Waals surface area contributed by atoms with Crippen molar-refractivity contribution in [3.8, 4) is 5.69 Å². The lowest BCUT2D eigenvalue weighted by atomic mass is 10.1. The highest BCUT2D eigenvalue weighted by Gasteiger charge is 2.21. The van der Waals surface area contributed by atoms with Crippen LogP contribution in [-0.2, 0) is 27.8 Å². The summed E-state index contributed by atoms with van der Waals surface area (Å²) in [6.07, 6.45) is 7.15. The van der Waals surface area contributed by atoms with Crippen LogP contribution in [0.4, 0.5) is 5.69 Å². The highest BCUT2D eigenvalue weighted by Crippen LogP contribution is 2.19. The van der Waals surface area contributed by atoms with Gasteiger partial charge in [-0.25, -0.2) is 13.4 Å². The molecule has 1 aromatic heterocycles. The van der Waals surface area contributed by atoms with Gasteiger partial charge in [0, 0.05) is 18.9 Å². The number of benzene rings is 2. The molecule has 2 aromatic carbocycles. The summed E-state index contributed by atoms with van der Waals surface area (Å²) in [5.41, 5.74) is 3.37. The zero-order chi connectivity index (χ0) is 20.9. The Morgan fingerprint density at radius 2 is 1.86 bits per heavy atom. The van der Waals surface area contributed by atoms with Crippen LogP contribution in [0, 0.1) is 0 Å². The number of amides is 1. The number of hydrogen-bond donors (Lipinski definition) is 1. The molecule has 0 fully saturated rings. The number of hydrogen-bond acceptors (Lipinski definition) is 4. The minimum absolute atomic E-state index is 0.277. The maximum atomic E-state index is 12.5. The van der Waals surface area contributed by atoms with Crippen LogP contribution in [0.25, 0.3) is 5.69 Å².